The molecule has 0 aromatic rings. The van der Waals surface area contributed by atoms with Crippen molar-refractivity contribution in [1.82, 2.24) is 5.32 Å². The summed E-state index contributed by atoms with van der Waals surface area (Å²) in [6, 6.07) is 0. The van der Waals surface area contributed by atoms with E-state index >= 15 is 0 Å². The zero-order chi connectivity index (χ0) is 7.56. The lowest BCUT2D eigenvalue weighted by Crippen LogP contribution is -2.42. The van der Waals surface area contributed by atoms with Crippen molar-refractivity contribution in [3.05, 3.63) is 0 Å². The highest BCUT2D eigenvalue weighted by molar-refractivity contribution is 4.78. The number of nitrogens with one attached hydrogen (secondary N) is 1. The molecule has 1 rings (SSSR count). The average Bonchev–Trinajstić information content (AvgIpc) is 1.88. The van der Waals surface area contributed by atoms with Gasteiger partial charge in [0.05, 0.1) is 6.10 Å². The first-order valence-electron chi connectivity index (χ1n) is 4.10. The van der Waals surface area contributed by atoms with E-state index in [4.69, 9.17) is 0 Å². The van der Waals surface area contributed by atoms with Gasteiger partial charge in [0.1, 0.15) is 0 Å². The van der Waals surface area contributed by atoms with E-state index in [1.165, 1.54) is 0 Å². The van der Waals surface area contributed by atoms with Crippen LogP contribution in [0.2, 0.25) is 0 Å². The molecule has 1 aliphatic heterocycles. The minimum Gasteiger partial charge on any atom is -0.392 e. The van der Waals surface area contributed by atoms with E-state index in [2.05, 4.69) is 19.2 Å². The van der Waals surface area contributed by atoms with Crippen molar-refractivity contribution >= 4 is 0 Å². The summed E-state index contributed by atoms with van der Waals surface area (Å²) in [5.74, 6) is 1.14. The van der Waals surface area contributed by atoms with Crippen molar-refractivity contribution < 1.29 is 5.11 Å². The predicted octanol–water partition coefficient (Wildman–Crippen LogP) is 0.613. The topological polar surface area (TPSA) is 32.3 Å². The number of rotatable bonds is 1. The molecule has 0 bridgehead atoms. The summed E-state index contributed by atoms with van der Waals surface area (Å²) in [5.41, 5.74) is 0. The lowest BCUT2D eigenvalue weighted by atomic mass is 9.85. The van der Waals surface area contributed by atoms with Crippen molar-refractivity contribution in [2.75, 3.05) is 13.1 Å². The lowest BCUT2D eigenvalue weighted by Gasteiger charge is -2.31. The summed E-state index contributed by atoms with van der Waals surface area (Å²) in [4.78, 5) is 0. The van der Waals surface area contributed by atoms with Crippen LogP contribution in [0.5, 0.6) is 0 Å². The highest BCUT2D eigenvalue weighted by Crippen LogP contribution is 2.20. The average molecular weight is 143 g/mol. The number of β-amino-alcohol motifs (C(OH)–C–C–N with tert-alkyl or cyclic N) is 1. The van der Waals surface area contributed by atoms with E-state index in [1.54, 1.807) is 0 Å². The molecular weight excluding hydrogens is 126 g/mol. The van der Waals surface area contributed by atoms with Crippen LogP contribution in [0.15, 0.2) is 0 Å². The van der Waals surface area contributed by atoms with E-state index in [0.29, 0.717) is 11.8 Å². The number of piperidine rings is 1. The number of hydrogen-bond donors (Lipinski definition) is 2. The maximum absolute atomic E-state index is 9.48. The fourth-order valence-corrected chi connectivity index (χ4v) is 1.64. The molecule has 0 aromatic carbocycles. The first-order chi connectivity index (χ1) is 4.72. The largest absolute Gasteiger partial charge is 0.392 e. The van der Waals surface area contributed by atoms with E-state index in [0.717, 1.165) is 19.5 Å². The highest BCUT2D eigenvalue weighted by Gasteiger charge is 2.24. The Morgan fingerprint density at radius 3 is 2.60 bits per heavy atom. The molecule has 2 heteroatoms. The summed E-state index contributed by atoms with van der Waals surface area (Å²) in [5, 5.41) is 12.6. The van der Waals surface area contributed by atoms with Gasteiger partial charge in [-0.1, -0.05) is 13.8 Å². The number of hydrogen-bond acceptors (Lipinski definition) is 2. The van der Waals surface area contributed by atoms with E-state index in [9.17, 15) is 5.11 Å². The maximum atomic E-state index is 9.48. The van der Waals surface area contributed by atoms with Gasteiger partial charge in [-0.05, 0) is 24.8 Å². The molecule has 0 aliphatic carbocycles. The Bertz CT molecular complexity index is 103. The highest BCUT2D eigenvalue weighted by atomic mass is 16.3. The van der Waals surface area contributed by atoms with Gasteiger partial charge in [-0.25, -0.2) is 0 Å². The molecule has 1 saturated heterocycles. The minimum atomic E-state index is -0.117. The minimum absolute atomic E-state index is 0.117. The molecule has 0 saturated carbocycles. The van der Waals surface area contributed by atoms with Gasteiger partial charge in [-0.3, -0.25) is 0 Å². The van der Waals surface area contributed by atoms with Crippen molar-refractivity contribution in [1.29, 1.82) is 0 Å². The molecule has 2 nitrogen and oxygen atoms in total. The summed E-state index contributed by atoms with van der Waals surface area (Å²) in [6.45, 7) is 6.21. The van der Waals surface area contributed by atoms with Crippen molar-refractivity contribution in [3.8, 4) is 0 Å². The fraction of sp³-hybridized carbons (Fsp3) is 1.00. The van der Waals surface area contributed by atoms with Crippen LogP contribution in [-0.4, -0.2) is 24.3 Å². The van der Waals surface area contributed by atoms with Crippen LogP contribution in [0.25, 0.3) is 0 Å². The smallest absolute Gasteiger partial charge is 0.0695 e. The van der Waals surface area contributed by atoms with Gasteiger partial charge in [0.15, 0.2) is 0 Å². The second-order valence-corrected chi connectivity index (χ2v) is 3.47. The first kappa shape index (κ1) is 8.02. The van der Waals surface area contributed by atoms with E-state index in [1.807, 2.05) is 0 Å². The van der Waals surface area contributed by atoms with Crippen LogP contribution in [-0.2, 0) is 0 Å². The van der Waals surface area contributed by atoms with Gasteiger partial charge in [0.2, 0.25) is 0 Å². The first-order valence-corrected chi connectivity index (χ1v) is 4.10. The molecule has 0 aromatic heterocycles. The van der Waals surface area contributed by atoms with Crippen molar-refractivity contribution in [2.45, 2.75) is 26.4 Å². The third-order valence-corrected chi connectivity index (χ3v) is 2.36. The Hall–Kier alpha value is -0.0800. The molecule has 1 fully saturated rings. The molecule has 1 unspecified atom stereocenters. The second kappa shape index (κ2) is 3.35. The standard InChI is InChI=1S/C8H17NO/c1-6(2)7-3-4-9-5-8(7)10/h6-10H,3-5H2,1-2H3/t7?,8-/m0/s1. The quantitative estimate of drug-likeness (QED) is 0.564. The SMILES string of the molecule is CC(C)C1CCNC[C@@H]1O. The predicted molar refractivity (Wildman–Crippen MR) is 41.8 cm³/mol. The zero-order valence-corrected chi connectivity index (χ0v) is 6.80. The Kier molecular flexibility index (Phi) is 2.69. The normalized spacial score (nSPS) is 34.8. The van der Waals surface area contributed by atoms with E-state index in [-0.39, 0.29) is 6.10 Å². The second-order valence-electron chi connectivity index (χ2n) is 3.47. The van der Waals surface area contributed by atoms with Gasteiger partial charge in [-0.2, -0.15) is 0 Å². The van der Waals surface area contributed by atoms with Gasteiger partial charge in [0.25, 0.3) is 0 Å². The molecule has 0 amide bonds. The summed E-state index contributed by atoms with van der Waals surface area (Å²) in [7, 11) is 0. The fourth-order valence-electron chi connectivity index (χ4n) is 1.64. The summed E-state index contributed by atoms with van der Waals surface area (Å²) in [6.07, 6.45) is 1.01. The third-order valence-electron chi connectivity index (χ3n) is 2.36. The Labute approximate surface area is 62.6 Å². The Balaban J connectivity index is 2.40. The van der Waals surface area contributed by atoms with Crippen LogP contribution in [0, 0.1) is 11.8 Å². The van der Waals surface area contributed by atoms with Crippen molar-refractivity contribution in [3.63, 3.8) is 0 Å². The monoisotopic (exact) mass is 143 g/mol. The van der Waals surface area contributed by atoms with Crippen LogP contribution < -0.4 is 5.32 Å². The zero-order valence-electron chi connectivity index (χ0n) is 6.80. The van der Waals surface area contributed by atoms with Crippen LogP contribution >= 0.6 is 0 Å². The molecular formula is C8H17NO. The van der Waals surface area contributed by atoms with Crippen LogP contribution in [0.3, 0.4) is 0 Å². The molecule has 2 atom stereocenters. The summed E-state index contributed by atoms with van der Waals surface area (Å²) >= 11 is 0. The van der Waals surface area contributed by atoms with Crippen LogP contribution in [0.4, 0.5) is 0 Å². The Morgan fingerprint density at radius 1 is 1.50 bits per heavy atom. The molecule has 0 radical (unpaired) electrons. The van der Waals surface area contributed by atoms with Crippen molar-refractivity contribution in [2.24, 2.45) is 11.8 Å². The van der Waals surface area contributed by atoms with Gasteiger partial charge in [-0.15, -0.1) is 0 Å². The van der Waals surface area contributed by atoms with Gasteiger partial charge in [0, 0.05) is 6.54 Å². The van der Waals surface area contributed by atoms with Gasteiger partial charge < -0.3 is 10.4 Å². The maximum Gasteiger partial charge on any atom is 0.0695 e. The third kappa shape index (κ3) is 1.70. The number of aliphatic hydroxyl groups is 1. The molecule has 10 heavy (non-hydrogen) atoms. The number of aliphatic hydroxyl groups excluding tert-OH is 1. The summed E-state index contributed by atoms with van der Waals surface area (Å²) < 4.78 is 0. The molecule has 2 N–H and O–H groups in total. The Morgan fingerprint density at radius 2 is 2.20 bits per heavy atom. The lowest BCUT2D eigenvalue weighted by molar-refractivity contribution is 0.0570. The van der Waals surface area contributed by atoms with Crippen LogP contribution in [0.1, 0.15) is 20.3 Å². The van der Waals surface area contributed by atoms with E-state index < -0.39 is 0 Å². The van der Waals surface area contributed by atoms with Gasteiger partial charge >= 0.3 is 0 Å². The molecule has 1 heterocycles. The molecule has 1 aliphatic rings. The molecule has 0 spiro atoms. The molecule has 60 valence electrons.